The van der Waals surface area contributed by atoms with Gasteiger partial charge in [0.1, 0.15) is 5.75 Å². The molecular formula is C16H22N2O4. The van der Waals surface area contributed by atoms with Crippen molar-refractivity contribution in [2.45, 2.75) is 25.7 Å². The lowest BCUT2D eigenvalue weighted by Crippen LogP contribution is -2.45. The first-order valence-electron chi connectivity index (χ1n) is 7.49. The first-order chi connectivity index (χ1) is 10.5. The van der Waals surface area contributed by atoms with Crippen LogP contribution in [-0.4, -0.2) is 41.7 Å². The summed E-state index contributed by atoms with van der Waals surface area (Å²) in [6.07, 6.45) is 3.88. The molecule has 0 atom stereocenters. The Morgan fingerprint density at radius 2 is 1.82 bits per heavy atom. The smallest absolute Gasteiger partial charge is 0.251 e. The summed E-state index contributed by atoms with van der Waals surface area (Å²) in [5.41, 5.74) is 0.423. The van der Waals surface area contributed by atoms with Crippen molar-refractivity contribution in [3.8, 4) is 5.75 Å². The van der Waals surface area contributed by atoms with Gasteiger partial charge in [-0.2, -0.15) is 0 Å². The van der Waals surface area contributed by atoms with E-state index in [1.165, 1.54) is 24.3 Å². The molecule has 1 aliphatic carbocycles. The fourth-order valence-corrected chi connectivity index (χ4v) is 2.65. The zero-order chi connectivity index (χ0) is 16.0. The van der Waals surface area contributed by atoms with Crippen molar-refractivity contribution < 1.29 is 19.8 Å². The third-order valence-corrected chi connectivity index (χ3v) is 4.26. The van der Waals surface area contributed by atoms with Gasteiger partial charge in [0.2, 0.25) is 5.91 Å². The van der Waals surface area contributed by atoms with Crippen LogP contribution in [-0.2, 0) is 4.79 Å². The molecule has 4 N–H and O–H groups in total. The Morgan fingerprint density at radius 1 is 1.14 bits per heavy atom. The summed E-state index contributed by atoms with van der Waals surface area (Å²) in [7, 11) is 0. The normalized spacial score (nSPS) is 15.7. The number of aliphatic hydroxyl groups is 1. The Bertz CT molecular complexity index is 523. The number of aromatic hydroxyl groups is 1. The van der Waals surface area contributed by atoms with Crippen LogP contribution in [0, 0.1) is 5.41 Å². The quantitative estimate of drug-likeness (QED) is 0.598. The predicted octanol–water partition coefficient (Wildman–Crippen LogP) is 0.791. The second-order valence-electron chi connectivity index (χ2n) is 5.83. The number of benzene rings is 1. The second-order valence-corrected chi connectivity index (χ2v) is 5.83. The third kappa shape index (κ3) is 4.21. The van der Waals surface area contributed by atoms with Crippen LogP contribution in [0.5, 0.6) is 5.75 Å². The zero-order valence-electron chi connectivity index (χ0n) is 12.5. The molecule has 0 saturated heterocycles. The van der Waals surface area contributed by atoms with E-state index in [0.29, 0.717) is 18.5 Å². The van der Waals surface area contributed by atoms with Crippen molar-refractivity contribution in [3.05, 3.63) is 29.8 Å². The number of amides is 2. The van der Waals surface area contributed by atoms with Crippen LogP contribution in [0.2, 0.25) is 0 Å². The summed E-state index contributed by atoms with van der Waals surface area (Å²) >= 11 is 0. The van der Waals surface area contributed by atoms with Gasteiger partial charge in [-0.25, -0.2) is 0 Å². The Balaban J connectivity index is 1.73. The van der Waals surface area contributed by atoms with Crippen molar-refractivity contribution >= 4 is 11.8 Å². The van der Waals surface area contributed by atoms with Crippen LogP contribution < -0.4 is 10.6 Å². The Kier molecular flexibility index (Phi) is 5.38. The molecule has 2 rings (SSSR count). The molecule has 120 valence electrons. The number of phenolic OH excluding ortho intramolecular Hbond substituents is 1. The van der Waals surface area contributed by atoms with Gasteiger partial charge in [-0.1, -0.05) is 6.42 Å². The second kappa shape index (κ2) is 7.26. The topological polar surface area (TPSA) is 98.7 Å². The maximum absolute atomic E-state index is 11.8. The summed E-state index contributed by atoms with van der Waals surface area (Å²) in [5.74, 6) is -0.510. The fourth-order valence-electron chi connectivity index (χ4n) is 2.65. The summed E-state index contributed by atoms with van der Waals surface area (Å²) in [6.45, 7) is 0.587. The van der Waals surface area contributed by atoms with Gasteiger partial charge in [0.25, 0.3) is 5.91 Å². The van der Waals surface area contributed by atoms with E-state index in [2.05, 4.69) is 10.6 Å². The Hall–Kier alpha value is -2.08. The van der Waals surface area contributed by atoms with Gasteiger partial charge in [0, 0.05) is 18.7 Å². The summed E-state index contributed by atoms with van der Waals surface area (Å²) in [4.78, 5) is 23.6. The van der Waals surface area contributed by atoms with Crippen LogP contribution in [0.15, 0.2) is 24.3 Å². The molecule has 1 aromatic carbocycles. The molecule has 6 nitrogen and oxygen atoms in total. The monoisotopic (exact) mass is 306 g/mol. The minimum Gasteiger partial charge on any atom is -0.508 e. The van der Waals surface area contributed by atoms with E-state index in [-0.39, 0.29) is 36.1 Å². The van der Waals surface area contributed by atoms with Crippen LogP contribution in [0.3, 0.4) is 0 Å². The first-order valence-corrected chi connectivity index (χ1v) is 7.49. The van der Waals surface area contributed by atoms with Crippen LogP contribution in [0.1, 0.15) is 36.0 Å². The molecule has 0 heterocycles. The lowest BCUT2D eigenvalue weighted by atomic mass is 9.67. The lowest BCUT2D eigenvalue weighted by molar-refractivity contribution is -0.121. The number of phenols is 1. The highest BCUT2D eigenvalue weighted by Crippen LogP contribution is 2.43. The van der Waals surface area contributed by atoms with E-state index in [9.17, 15) is 9.59 Å². The van der Waals surface area contributed by atoms with Crippen molar-refractivity contribution in [1.29, 1.82) is 0 Å². The molecule has 1 fully saturated rings. The van der Waals surface area contributed by atoms with Crippen molar-refractivity contribution in [1.82, 2.24) is 10.6 Å². The highest BCUT2D eigenvalue weighted by atomic mass is 16.3. The van der Waals surface area contributed by atoms with Crippen LogP contribution in [0.25, 0.3) is 0 Å². The van der Waals surface area contributed by atoms with E-state index in [1.54, 1.807) is 0 Å². The summed E-state index contributed by atoms with van der Waals surface area (Å²) in [6, 6.07) is 5.83. The molecule has 2 amide bonds. The average Bonchev–Trinajstić information content (AvgIpc) is 2.48. The van der Waals surface area contributed by atoms with Gasteiger partial charge < -0.3 is 20.8 Å². The Morgan fingerprint density at radius 3 is 2.36 bits per heavy atom. The molecule has 0 radical (unpaired) electrons. The van der Waals surface area contributed by atoms with Gasteiger partial charge in [0.15, 0.2) is 0 Å². The van der Waals surface area contributed by atoms with E-state index < -0.39 is 0 Å². The summed E-state index contributed by atoms with van der Waals surface area (Å²) < 4.78 is 0. The van der Waals surface area contributed by atoms with Crippen molar-refractivity contribution in [2.75, 3.05) is 19.7 Å². The molecule has 0 spiro atoms. The largest absolute Gasteiger partial charge is 0.508 e. The lowest BCUT2D eigenvalue weighted by Gasteiger charge is -2.41. The van der Waals surface area contributed by atoms with Crippen LogP contribution >= 0.6 is 0 Å². The highest BCUT2D eigenvalue weighted by Gasteiger charge is 2.36. The molecule has 22 heavy (non-hydrogen) atoms. The highest BCUT2D eigenvalue weighted by molar-refractivity contribution is 5.96. The maximum atomic E-state index is 11.8. The third-order valence-electron chi connectivity index (χ3n) is 4.26. The maximum Gasteiger partial charge on any atom is 0.251 e. The molecule has 0 aromatic heterocycles. The molecule has 1 aliphatic rings. The van der Waals surface area contributed by atoms with Crippen molar-refractivity contribution in [3.63, 3.8) is 0 Å². The summed E-state index contributed by atoms with van der Waals surface area (Å²) in [5, 5.41) is 23.6. The van der Waals surface area contributed by atoms with Gasteiger partial charge in [-0.05, 0) is 48.9 Å². The number of carbonyl (C=O) groups excluding carboxylic acids is 2. The molecule has 0 bridgehead atoms. The number of rotatable bonds is 7. The van der Waals surface area contributed by atoms with E-state index in [0.717, 1.165) is 19.3 Å². The Labute approximate surface area is 129 Å². The SMILES string of the molecule is O=C(CNC(=O)c1ccc(O)cc1)NCC1(CCO)CCC1. The van der Waals surface area contributed by atoms with Crippen molar-refractivity contribution in [2.24, 2.45) is 5.41 Å². The van der Waals surface area contributed by atoms with E-state index in [1.807, 2.05) is 0 Å². The minimum absolute atomic E-state index is 0.0331. The predicted molar refractivity (Wildman–Crippen MR) is 81.4 cm³/mol. The molecule has 0 unspecified atom stereocenters. The zero-order valence-corrected chi connectivity index (χ0v) is 12.5. The van der Waals surface area contributed by atoms with Gasteiger partial charge in [0.05, 0.1) is 6.54 Å². The van der Waals surface area contributed by atoms with Gasteiger partial charge in [-0.15, -0.1) is 0 Å². The molecular weight excluding hydrogens is 284 g/mol. The number of aliphatic hydroxyl groups excluding tert-OH is 1. The average molecular weight is 306 g/mol. The molecule has 1 saturated carbocycles. The minimum atomic E-state index is -0.358. The molecule has 1 aromatic rings. The fraction of sp³-hybridized carbons (Fsp3) is 0.500. The first kappa shape index (κ1) is 16.3. The molecule has 0 aliphatic heterocycles. The number of hydrogen-bond acceptors (Lipinski definition) is 4. The van der Waals surface area contributed by atoms with Gasteiger partial charge in [-0.3, -0.25) is 9.59 Å². The number of nitrogens with one attached hydrogen (secondary N) is 2. The van der Waals surface area contributed by atoms with Crippen LogP contribution in [0.4, 0.5) is 0 Å². The van der Waals surface area contributed by atoms with E-state index >= 15 is 0 Å². The van der Waals surface area contributed by atoms with E-state index in [4.69, 9.17) is 10.2 Å². The number of hydrogen-bond donors (Lipinski definition) is 4. The van der Waals surface area contributed by atoms with Gasteiger partial charge >= 0.3 is 0 Å². The standard InChI is InChI=1S/C16H22N2O4/c19-9-8-16(6-1-7-16)11-18-14(21)10-17-15(22)12-2-4-13(20)5-3-12/h2-5,19-20H,1,6-11H2,(H,17,22)(H,18,21). The molecule has 6 heteroatoms. The number of carbonyl (C=O) groups is 2.